The van der Waals surface area contributed by atoms with Crippen LogP contribution in [0.1, 0.15) is 32.1 Å². The molecule has 2 heterocycles. The normalized spacial score (nSPS) is 16.4. The van der Waals surface area contributed by atoms with Gasteiger partial charge in [-0.05, 0) is 61.2 Å². The smallest absolute Gasteiger partial charge is 0.227 e. The van der Waals surface area contributed by atoms with E-state index in [0.29, 0.717) is 18.3 Å². The van der Waals surface area contributed by atoms with Crippen LogP contribution in [0.2, 0.25) is 0 Å². The van der Waals surface area contributed by atoms with Crippen molar-refractivity contribution in [2.75, 3.05) is 41.8 Å². The Balaban J connectivity index is 1.20. The standard InChI is InChI=1S/C27H31N5O2/c33-26(19-20-3-1-2-4-20)29-22-7-5-21(6-8-22)25-13-14-28-27(31-25)30-23-9-11-24(12-10-23)32-15-17-34-18-16-32/h5-14,20H,1-4,15-19H2,(H,29,33)(H,28,30,31). The van der Waals surface area contributed by atoms with E-state index in [1.54, 1.807) is 6.20 Å². The van der Waals surface area contributed by atoms with Gasteiger partial charge in [0, 0.05) is 48.3 Å². The fourth-order valence-corrected chi connectivity index (χ4v) is 4.70. The van der Waals surface area contributed by atoms with Crippen LogP contribution in [0.3, 0.4) is 0 Å². The van der Waals surface area contributed by atoms with Crippen molar-refractivity contribution in [2.24, 2.45) is 5.92 Å². The first-order valence-electron chi connectivity index (χ1n) is 12.2. The summed E-state index contributed by atoms with van der Waals surface area (Å²) in [5.74, 6) is 1.19. The quantitative estimate of drug-likeness (QED) is 0.505. The van der Waals surface area contributed by atoms with Crippen LogP contribution in [0.5, 0.6) is 0 Å². The van der Waals surface area contributed by atoms with Crippen LogP contribution < -0.4 is 15.5 Å². The second-order valence-electron chi connectivity index (χ2n) is 9.02. The summed E-state index contributed by atoms with van der Waals surface area (Å²) in [7, 11) is 0. The van der Waals surface area contributed by atoms with Gasteiger partial charge in [-0.3, -0.25) is 4.79 Å². The number of hydrogen-bond acceptors (Lipinski definition) is 6. The van der Waals surface area contributed by atoms with Gasteiger partial charge in [0.2, 0.25) is 11.9 Å². The van der Waals surface area contributed by atoms with Crippen LogP contribution in [0.15, 0.2) is 60.8 Å². The molecule has 1 aromatic heterocycles. The first kappa shape index (κ1) is 22.3. The van der Waals surface area contributed by atoms with Crippen molar-refractivity contribution in [3.05, 3.63) is 60.8 Å². The molecule has 1 saturated carbocycles. The SMILES string of the molecule is O=C(CC1CCCC1)Nc1ccc(-c2ccnc(Nc3ccc(N4CCOCC4)cc3)n2)cc1. The molecule has 2 N–H and O–H groups in total. The van der Waals surface area contributed by atoms with Crippen molar-refractivity contribution >= 4 is 28.9 Å². The van der Waals surface area contributed by atoms with Gasteiger partial charge in [-0.15, -0.1) is 0 Å². The fraction of sp³-hybridized carbons (Fsp3) is 0.370. The van der Waals surface area contributed by atoms with Gasteiger partial charge in [-0.1, -0.05) is 25.0 Å². The van der Waals surface area contributed by atoms with Gasteiger partial charge in [0.05, 0.1) is 18.9 Å². The summed E-state index contributed by atoms with van der Waals surface area (Å²) in [6, 6.07) is 18.0. The number of aromatic nitrogens is 2. The van der Waals surface area contributed by atoms with Crippen LogP contribution in [0.25, 0.3) is 11.3 Å². The van der Waals surface area contributed by atoms with Crippen molar-refractivity contribution in [1.29, 1.82) is 0 Å². The number of amides is 1. The maximum atomic E-state index is 12.3. The van der Waals surface area contributed by atoms with E-state index in [9.17, 15) is 4.79 Å². The number of benzene rings is 2. The summed E-state index contributed by atoms with van der Waals surface area (Å²) < 4.78 is 5.43. The third-order valence-electron chi connectivity index (χ3n) is 6.57. The van der Waals surface area contributed by atoms with E-state index >= 15 is 0 Å². The van der Waals surface area contributed by atoms with E-state index < -0.39 is 0 Å². The lowest BCUT2D eigenvalue weighted by Gasteiger charge is -2.28. The predicted molar refractivity (Wildman–Crippen MR) is 135 cm³/mol. The van der Waals surface area contributed by atoms with Crippen molar-refractivity contribution in [1.82, 2.24) is 9.97 Å². The number of rotatable bonds is 7. The molecule has 0 bridgehead atoms. The Labute approximate surface area is 200 Å². The largest absolute Gasteiger partial charge is 0.378 e. The number of carbonyl (C=O) groups is 1. The average molecular weight is 458 g/mol. The molecule has 2 aromatic carbocycles. The topological polar surface area (TPSA) is 79.4 Å². The van der Waals surface area contributed by atoms with Gasteiger partial charge < -0.3 is 20.3 Å². The van der Waals surface area contributed by atoms with Crippen molar-refractivity contribution < 1.29 is 9.53 Å². The molecule has 2 fully saturated rings. The third-order valence-corrected chi connectivity index (χ3v) is 6.57. The van der Waals surface area contributed by atoms with Gasteiger partial charge in [0.1, 0.15) is 0 Å². The maximum absolute atomic E-state index is 12.3. The zero-order chi connectivity index (χ0) is 23.2. The molecule has 0 spiro atoms. The van der Waals surface area contributed by atoms with E-state index in [0.717, 1.165) is 48.9 Å². The van der Waals surface area contributed by atoms with E-state index in [1.165, 1.54) is 31.4 Å². The van der Waals surface area contributed by atoms with Gasteiger partial charge in [0.25, 0.3) is 0 Å². The zero-order valence-electron chi connectivity index (χ0n) is 19.4. The number of ether oxygens (including phenoxy) is 1. The van der Waals surface area contributed by atoms with Gasteiger partial charge in [0.15, 0.2) is 0 Å². The molecule has 1 aliphatic heterocycles. The average Bonchev–Trinajstić information content (AvgIpc) is 3.39. The summed E-state index contributed by atoms with van der Waals surface area (Å²) in [5.41, 5.74) is 4.75. The van der Waals surface area contributed by atoms with Gasteiger partial charge >= 0.3 is 0 Å². The Bertz CT molecular complexity index is 1090. The first-order chi connectivity index (χ1) is 16.7. The Kier molecular flexibility index (Phi) is 7.00. The fourth-order valence-electron chi connectivity index (χ4n) is 4.70. The molecule has 0 atom stereocenters. The minimum absolute atomic E-state index is 0.104. The Hall–Kier alpha value is -3.45. The Morgan fingerprint density at radius 1 is 0.941 bits per heavy atom. The highest BCUT2D eigenvalue weighted by molar-refractivity contribution is 5.91. The summed E-state index contributed by atoms with van der Waals surface area (Å²) in [5, 5.41) is 6.32. The minimum Gasteiger partial charge on any atom is -0.378 e. The van der Waals surface area contributed by atoms with Crippen molar-refractivity contribution in [2.45, 2.75) is 32.1 Å². The lowest BCUT2D eigenvalue weighted by molar-refractivity contribution is -0.117. The van der Waals surface area contributed by atoms with Gasteiger partial charge in [-0.2, -0.15) is 0 Å². The number of nitrogens with zero attached hydrogens (tertiary/aromatic N) is 3. The van der Waals surface area contributed by atoms with Crippen LogP contribution >= 0.6 is 0 Å². The maximum Gasteiger partial charge on any atom is 0.227 e. The highest BCUT2D eigenvalue weighted by atomic mass is 16.5. The highest BCUT2D eigenvalue weighted by Crippen LogP contribution is 2.28. The predicted octanol–water partition coefficient (Wildman–Crippen LogP) is 5.24. The van der Waals surface area contributed by atoms with E-state index in [2.05, 4.69) is 37.6 Å². The van der Waals surface area contributed by atoms with Crippen LogP contribution in [-0.2, 0) is 9.53 Å². The molecule has 3 aromatic rings. The lowest BCUT2D eigenvalue weighted by Crippen LogP contribution is -2.36. The monoisotopic (exact) mass is 457 g/mol. The molecule has 7 nitrogen and oxygen atoms in total. The Morgan fingerprint density at radius 3 is 2.38 bits per heavy atom. The molecule has 1 aliphatic carbocycles. The third kappa shape index (κ3) is 5.72. The molecule has 7 heteroatoms. The number of hydrogen-bond donors (Lipinski definition) is 2. The molecule has 1 amide bonds. The van der Waals surface area contributed by atoms with Crippen LogP contribution in [0, 0.1) is 5.92 Å². The summed E-state index contributed by atoms with van der Waals surface area (Å²) in [6.07, 6.45) is 7.23. The van der Waals surface area contributed by atoms with Crippen molar-refractivity contribution in [3.63, 3.8) is 0 Å². The number of carbonyl (C=O) groups excluding carboxylic acids is 1. The highest BCUT2D eigenvalue weighted by Gasteiger charge is 2.18. The molecule has 1 saturated heterocycles. The Morgan fingerprint density at radius 2 is 1.65 bits per heavy atom. The molecule has 0 unspecified atom stereocenters. The van der Waals surface area contributed by atoms with E-state index in [1.807, 2.05) is 42.5 Å². The first-order valence-corrected chi connectivity index (χ1v) is 12.2. The van der Waals surface area contributed by atoms with Crippen LogP contribution in [-0.4, -0.2) is 42.2 Å². The summed E-state index contributed by atoms with van der Waals surface area (Å²) in [4.78, 5) is 23.7. The van der Waals surface area contributed by atoms with Gasteiger partial charge in [-0.25, -0.2) is 9.97 Å². The van der Waals surface area contributed by atoms with Crippen LogP contribution in [0.4, 0.5) is 23.0 Å². The molecule has 0 radical (unpaired) electrons. The van der Waals surface area contributed by atoms with E-state index in [4.69, 9.17) is 4.74 Å². The molecular weight excluding hydrogens is 426 g/mol. The molecule has 176 valence electrons. The molecule has 34 heavy (non-hydrogen) atoms. The molecule has 2 aliphatic rings. The zero-order valence-corrected chi connectivity index (χ0v) is 19.4. The molecular formula is C27H31N5O2. The van der Waals surface area contributed by atoms with Crippen molar-refractivity contribution in [3.8, 4) is 11.3 Å². The molecule has 5 rings (SSSR count). The number of morpholine rings is 1. The number of nitrogens with one attached hydrogen (secondary N) is 2. The summed E-state index contributed by atoms with van der Waals surface area (Å²) >= 11 is 0. The second-order valence-corrected chi connectivity index (χ2v) is 9.02. The van der Waals surface area contributed by atoms with E-state index in [-0.39, 0.29) is 5.91 Å². The lowest BCUT2D eigenvalue weighted by atomic mass is 10.0. The summed E-state index contributed by atoms with van der Waals surface area (Å²) in [6.45, 7) is 3.38. The number of anilines is 4. The minimum atomic E-state index is 0.104. The second kappa shape index (κ2) is 10.7.